The van der Waals surface area contributed by atoms with Crippen LogP contribution in [-0.2, 0) is 6.54 Å². The third kappa shape index (κ3) is 3.28. The van der Waals surface area contributed by atoms with Gasteiger partial charge in [0.2, 0.25) is 0 Å². The molecule has 2 rings (SSSR count). The van der Waals surface area contributed by atoms with Gasteiger partial charge in [0.25, 0.3) is 0 Å². The Morgan fingerprint density at radius 1 is 1.11 bits per heavy atom. The quantitative estimate of drug-likeness (QED) is 0.798. The maximum absolute atomic E-state index is 5.94. The molecule has 0 radical (unpaired) electrons. The van der Waals surface area contributed by atoms with Crippen LogP contribution in [0.5, 0.6) is 0 Å². The van der Waals surface area contributed by atoms with Crippen LogP contribution in [0.2, 0.25) is 0 Å². The van der Waals surface area contributed by atoms with Crippen LogP contribution in [0.15, 0.2) is 42.5 Å². The maximum Gasteiger partial charge on any atom is 0.0421 e. The normalized spacial score (nSPS) is 10.7. The van der Waals surface area contributed by atoms with Crippen LogP contribution in [0.3, 0.4) is 0 Å². The Labute approximate surface area is 115 Å². The summed E-state index contributed by atoms with van der Waals surface area (Å²) in [6.07, 6.45) is 0. The van der Waals surface area contributed by atoms with E-state index in [0.29, 0.717) is 5.92 Å². The highest BCUT2D eigenvalue weighted by Gasteiger charge is 2.04. The number of rotatable bonds is 4. The number of hydrogen-bond donors (Lipinski definition) is 2. The summed E-state index contributed by atoms with van der Waals surface area (Å²) in [7, 11) is 0. The highest BCUT2D eigenvalue weighted by Crippen LogP contribution is 2.23. The zero-order valence-corrected chi connectivity index (χ0v) is 11.9. The van der Waals surface area contributed by atoms with Crippen LogP contribution in [-0.4, -0.2) is 0 Å². The molecule has 0 saturated carbocycles. The second-order valence-corrected chi connectivity index (χ2v) is 5.28. The summed E-state index contributed by atoms with van der Waals surface area (Å²) in [6, 6.07) is 14.5. The standard InChI is InChI=1S/C17H22N2/c1-12(2)16-9-8-15(10-13(16)3)19-11-14-6-4-5-7-17(14)18/h4-10,12,19H,11,18H2,1-3H3. The first-order valence-corrected chi connectivity index (χ1v) is 6.75. The lowest BCUT2D eigenvalue weighted by atomic mass is 9.97. The van der Waals surface area contributed by atoms with Crippen molar-refractivity contribution in [3.05, 3.63) is 59.2 Å². The summed E-state index contributed by atoms with van der Waals surface area (Å²) >= 11 is 0. The number of aryl methyl sites for hydroxylation is 1. The predicted octanol–water partition coefficient (Wildman–Crippen LogP) is 4.31. The van der Waals surface area contributed by atoms with Crippen molar-refractivity contribution in [1.29, 1.82) is 0 Å². The molecule has 0 spiro atoms. The van der Waals surface area contributed by atoms with Crippen LogP contribution in [0.25, 0.3) is 0 Å². The van der Waals surface area contributed by atoms with Gasteiger partial charge < -0.3 is 11.1 Å². The van der Waals surface area contributed by atoms with Crippen molar-refractivity contribution in [2.24, 2.45) is 0 Å². The molecule has 0 aliphatic rings. The van der Waals surface area contributed by atoms with E-state index >= 15 is 0 Å². The molecule has 2 aromatic rings. The minimum absolute atomic E-state index is 0.568. The summed E-state index contributed by atoms with van der Waals surface area (Å²) in [4.78, 5) is 0. The highest BCUT2D eigenvalue weighted by molar-refractivity contribution is 5.52. The van der Waals surface area contributed by atoms with Gasteiger partial charge >= 0.3 is 0 Å². The number of para-hydroxylation sites is 1. The van der Waals surface area contributed by atoms with Crippen LogP contribution < -0.4 is 11.1 Å². The molecule has 2 heteroatoms. The number of benzene rings is 2. The first kappa shape index (κ1) is 13.5. The van der Waals surface area contributed by atoms with Crippen LogP contribution in [0.1, 0.15) is 36.5 Å². The molecule has 0 amide bonds. The van der Waals surface area contributed by atoms with Gasteiger partial charge in [0.05, 0.1) is 0 Å². The number of nitrogens with one attached hydrogen (secondary N) is 1. The molecule has 0 heterocycles. The lowest BCUT2D eigenvalue weighted by Gasteiger charge is -2.13. The molecular formula is C17H22N2. The fourth-order valence-corrected chi connectivity index (χ4v) is 2.33. The van der Waals surface area contributed by atoms with Crippen LogP contribution in [0.4, 0.5) is 11.4 Å². The summed E-state index contributed by atoms with van der Waals surface area (Å²) in [5.74, 6) is 0.568. The first-order valence-electron chi connectivity index (χ1n) is 6.75. The molecular weight excluding hydrogens is 232 g/mol. The molecule has 2 nitrogen and oxygen atoms in total. The van der Waals surface area contributed by atoms with E-state index in [0.717, 1.165) is 23.5 Å². The Morgan fingerprint density at radius 3 is 2.47 bits per heavy atom. The summed E-state index contributed by atoms with van der Waals surface area (Å²) in [5.41, 5.74) is 11.8. The number of hydrogen-bond acceptors (Lipinski definition) is 2. The van der Waals surface area contributed by atoms with E-state index in [1.54, 1.807) is 0 Å². The van der Waals surface area contributed by atoms with Crippen molar-refractivity contribution in [3.8, 4) is 0 Å². The molecule has 19 heavy (non-hydrogen) atoms. The Morgan fingerprint density at radius 2 is 1.84 bits per heavy atom. The van der Waals surface area contributed by atoms with E-state index in [4.69, 9.17) is 5.73 Å². The largest absolute Gasteiger partial charge is 0.398 e. The minimum Gasteiger partial charge on any atom is -0.398 e. The van der Waals surface area contributed by atoms with E-state index < -0.39 is 0 Å². The molecule has 0 aromatic heterocycles. The van der Waals surface area contributed by atoms with E-state index in [9.17, 15) is 0 Å². The number of nitrogen functional groups attached to an aromatic ring is 1. The van der Waals surface area contributed by atoms with E-state index in [2.05, 4.69) is 50.4 Å². The van der Waals surface area contributed by atoms with Crippen LogP contribution >= 0.6 is 0 Å². The lowest BCUT2D eigenvalue weighted by molar-refractivity contribution is 0.856. The highest BCUT2D eigenvalue weighted by atomic mass is 14.9. The van der Waals surface area contributed by atoms with Crippen molar-refractivity contribution in [1.82, 2.24) is 0 Å². The molecule has 0 unspecified atom stereocenters. The van der Waals surface area contributed by atoms with Gasteiger partial charge in [-0.3, -0.25) is 0 Å². The Balaban J connectivity index is 2.08. The van der Waals surface area contributed by atoms with Gasteiger partial charge in [0.15, 0.2) is 0 Å². The Bertz CT molecular complexity index is 559. The zero-order valence-electron chi connectivity index (χ0n) is 11.9. The van der Waals surface area contributed by atoms with Gasteiger partial charge in [-0.05, 0) is 47.7 Å². The fraction of sp³-hybridized carbons (Fsp3) is 0.294. The van der Waals surface area contributed by atoms with Crippen molar-refractivity contribution < 1.29 is 0 Å². The average Bonchev–Trinajstić information content (AvgIpc) is 2.37. The van der Waals surface area contributed by atoms with Gasteiger partial charge in [-0.25, -0.2) is 0 Å². The van der Waals surface area contributed by atoms with E-state index in [-0.39, 0.29) is 0 Å². The molecule has 100 valence electrons. The summed E-state index contributed by atoms with van der Waals surface area (Å²) in [6.45, 7) is 7.37. The fourth-order valence-electron chi connectivity index (χ4n) is 2.33. The van der Waals surface area contributed by atoms with Crippen molar-refractivity contribution in [2.75, 3.05) is 11.1 Å². The van der Waals surface area contributed by atoms with E-state index in [1.807, 2.05) is 18.2 Å². The van der Waals surface area contributed by atoms with Gasteiger partial charge in [-0.1, -0.05) is 38.1 Å². The third-order valence-corrected chi connectivity index (χ3v) is 3.43. The van der Waals surface area contributed by atoms with Crippen molar-refractivity contribution >= 4 is 11.4 Å². The first-order chi connectivity index (χ1) is 9.08. The van der Waals surface area contributed by atoms with Crippen molar-refractivity contribution in [3.63, 3.8) is 0 Å². The van der Waals surface area contributed by atoms with Gasteiger partial charge in [0, 0.05) is 17.9 Å². The molecule has 0 saturated heterocycles. The van der Waals surface area contributed by atoms with Gasteiger partial charge in [-0.2, -0.15) is 0 Å². The second kappa shape index (κ2) is 5.79. The summed E-state index contributed by atoms with van der Waals surface area (Å²) in [5, 5.41) is 3.43. The van der Waals surface area contributed by atoms with Crippen LogP contribution in [0, 0.1) is 6.92 Å². The number of anilines is 2. The molecule has 0 atom stereocenters. The number of nitrogens with two attached hydrogens (primary N) is 1. The smallest absolute Gasteiger partial charge is 0.0421 e. The predicted molar refractivity (Wildman–Crippen MR) is 83.4 cm³/mol. The summed E-state index contributed by atoms with van der Waals surface area (Å²) < 4.78 is 0. The Hall–Kier alpha value is -1.96. The topological polar surface area (TPSA) is 38.0 Å². The monoisotopic (exact) mass is 254 g/mol. The third-order valence-electron chi connectivity index (χ3n) is 3.43. The van der Waals surface area contributed by atoms with Crippen molar-refractivity contribution in [2.45, 2.75) is 33.2 Å². The molecule has 0 aliphatic carbocycles. The van der Waals surface area contributed by atoms with Gasteiger partial charge in [-0.15, -0.1) is 0 Å². The maximum atomic E-state index is 5.94. The van der Waals surface area contributed by atoms with E-state index in [1.165, 1.54) is 11.1 Å². The average molecular weight is 254 g/mol. The molecule has 3 N–H and O–H groups in total. The minimum atomic E-state index is 0.568. The zero-order chi connectivity index (χ0) is 13.8. The van der Waals surface area contributed by atoms with Gasteiger partial charge in [0.1, 0.15) is 0 Å². The molecule has 0 fully saturated rings. The SMILES string of the molecule is Cc1cc(NCc2ccccc2N)ccc1C(C)C. The molecule has 0 bridgehead atoms. The Kier molecular flexibility index (Phi) is 4.10. The molecule has 2 aromatic carbocycles. The lowest BCUT2D eigenvalue weighted by Crippen LogP contribution is -2.03. The molecule has 0 aliphatic heterocycles. The second-order valence-electron chi connectivity index (χ2n) is 5.28.